The molecule has 0 aliphatic heterocycles. The van der Waals surface area contributed by atoms with Crippen LogP contribution in [0.5, 0.6) is 0 Å². The molecule has 1 N–H and O–H groups in total. The van der Waals surface area contributed by atoms with Gasteiger partial charge in [-0.15, -0.1) is 10.2 Å². The summed E-state index contributed by atoms with van der Waals surface area (Å²) < 4.78 is 6.72. The molecule has 0 aliphatic carbocycles. The van der Waals surface area contributed by atoms with E-state index in [0.29, 0.717) is 14.6 Å². The molecule has 9 heteroatoms. The largest absolute Gasteiger partial charge is 0.498 e. The molecule has 0 heterocycles. The van der Waals surface area contributed by atoms with Crippen molar-refractivity contribution in [3.63, 3.8) is 0 Å². The van der Waals surface area contributed by atoms with Gasteiger partial charge in [0.05, 0.1) is 6.61 Å². The Kier molecular flexibility index (Phi) is 7.01. The Bertz CT molecular complexity index is 642. The Morgan fingerprint density at radius 1 is 1.38 bits per heavy atom. The number of hydrogen-bond donors (Lipinski definition) is 1. The quantitative estimate of drug-likeness (QED) is 0.165. The van der Waals surface area contributed by atoms with Gasteiger partial charge in [-0.05, 0) is 50.9 Å². The van der Waals surface area contributed by atoms with E-state index >= 15 is 0 Å². The van der Waals surface area contributed by atoms with E-state index in [0.717, 1.165) is 4.47 Å². The first-order chi connectivity index (χ1) is 9.90. The summed E-state index contributed by atoms with van der Waals surface area (Å²) in [6.07, 6.45) is 0. The Morgan fingerprint density at radius 3 is 2.43 bits per heavy atom. The molecule has 0 fully saturated rings. The number of nitrogens with zero attached hydrogens (tertiary/aromatic N) is 3. The second kappa shape index (κ2) is 8.26. The van der Waals surface area contributed by atoms with E-state index < -0.39 is 17.4 Å². The van der Waals surface area contributed by atoms with Gasteiger partial charge in [0.25, 0.3) is 0 Å². The normalized spacial score (nSPS) is 12.0. The maximum Gasteiger partial charge on any atom is 0.363 e. The number of carbonyl (C=O) groups excluding carboxylic acids is 1. The van der Waals surface area contributed by atoms with E-state index in [4.69, 9.17) is 10.00 Å². The fourth-order valence-electron chi connectivity index (χ4n) is 1.17. The van der Waals surface area contributed by atoms with E-state index in [9.17, 15) is 9.90 Å². The van der Waals surface area contributed by atoms with Crippen LogP contribution in [-0.2, 0) is 9.53 Å². The molecule has 0 aliphatic rings. The van der Waals surface area contributed by atoms with Crippen LogP contribution in [0.3, 0.4) is 0 Å². The van der Waals surface area contributed by atoms with Gasteiger partial charge in [0.1, 0.15) is 11.8 Å². The number of allylic oxidation sites excluding steroid dienone is 1. The summed E-state index contributed by atoms with van der Waals surface area (Å²) in [5.74, 6) is -1.79. The highest BCUT2D eigenvalue weighted by Crippen LogP contribution is 2.37. The molecular formula is C12H8Br3N3O3. The third-order valence-electron chi connectivity index (χ3n) is 2.03. The van der Waals surface area contributed by atoms with E-state index in [1.807, 2.05) is 0 Å². The summed E-state index contributed by atoms with van der Waals surface area (Å²) >= 11 is 9.90. The lowest BCUT2D eigenvalue weighted by Crippen LogP contribution is -2.08. The first-order valence-electron chi connectivity index (χ1n) is 5.47. The second-order valence-electron chi connectivity index (χ2n) is 3.45. The minimum Gasteiger partial charge on any atom is -0.498 e. The fourth-order valence-corrected chi connectivity index (χ4v) is 3.58. The molecule has 0 unspecified atom stereocenters. The number of halogens is 3. The average Bonchev–Trinajstić information content (AvgIpc) is 2.41. The third kappa shape index (κ3) is 4.91. The fraction of sp³-hybridized carbons (Fsp3) is 0.167. The molecule has 0 saturated heterocycles. The van der Waals surface area contributed by atoms with E-state index in [1.165, 1.54) is 6.07 Å². The minimum atomic E-state index is -0.926. The molecule has 0 spiro atoms. The molecule has 0 saturated carbocycles. The molecule has 0 atom stereocenters. The lowest BCUT2D eigenvalue weighted by atomic mass is 10.3. The number of azo groups is 1. The molecule has 0 radical (unpaired) electrons. The zero-order valence-corrected chi connectivity index (χ0v) is 15.4. The highest BCUT2D eigenvalue weighted by molar-refractivity contribution is 9.11. The lowest BCUT2D eigenvalue weighted by Gasteiger charge is -2.03. The summed E-state index contributed by atoms with van der Waals surface area (Å²) in [5, 5.41) is 25.6. The molecule has 21 heavy (non-hydrogen) atoms. The smallest absolute Gasteiger partial charge is 0.363 e. The van der Waals surface area contributed by atoms with Gasteiger partial charge in [0.15, 0.2) is 0 Å². The predicted octanol–water partition coefficient (Wildman–Crippen LogP) is 4.91. The monoisotopic (exact) mass is 479 g/mol. The zero-order chi connectivity index (χ0) is 16.0. The van der Waals surface area contributed by atoms with E-state index in [1.54, 1.807) is 19.1 Å². The minimum absolute atomic E-state index is 0.0856. The molecule has 6 nitrogen and oxygen atoms in total. The number of aliphatic hydroxyl groups excluding tert-OH is 1. The zero-order valence-electron chi connectivity index (χ0n) is 10.6. The second-order valence-corrected chi connectivity index (χ2v) is 6.07. The van der Waals surface area contributed by atoms with Crippen LogP contribution in [-0.4, -0.2) is 17.7 Å². The topological polar surface area (TPSA) is 95.0 Å². The van der Waals surface area contributed by atoms with E-state index in [-0.39, 0.29) is 6.61 Å². The number of rotatable bonds is 4. The summed E-state index contributed by atoms with van der Waals surface area (Å²) in [7, 11) is 0. The number of aliphatic hydroxyl groups is 1. The molecule has 0 aromatic heterocycles. The van der Waals surface area contributed by atoms with Gasteiger partial charge >= 0.3 is 5.97 Å². The Hall–Kier alpha value is -1.24. The van der Waals surface area contributed by atoms with Crippen LogP contribution < -0.4 is 0 Å². The first kappa shape index (κ1) is 17.8. The molecule has 0 bridgehead atoms. The van der Waals surface area contributed by atoms with Gasteiger partial charge in [-0.25, -0.2) is 4.79 Å². The molecule has 110 valence electrons. The number of esters is 1. The SMILES string of the molecule is CCOC(=O)/C(N=Nc1c(Br)cc(Br)cc1Br)=C(/O)C#N. The van der Waals surface area contributed by atoms with Gasteiger partial charge in [-0.3, -0.25) is 0 Å². The van der Waals surface area contributed by atoms with Crippen molar-refractivity contribution in [3.8, 4) is 6.07 Å². The van der Waals surface area contributed by atoms with Gasteiger partial charge < -0.3 is 9.84 Å². The van der Waals surface area contributed by atoms with Crippen LogP contribution >= 0.6 is 47.8 Å². The van der Waals surface area contributed by atoms with Crippen LogP contribution in [0.4, 0.5) is 5.69 Å². The maximum absolute atomic E-state index is 11.6. The number of benzene rings is 1. The number of ether oxygens (including phenoxy) is 1. The van der Waals surface area contributed by atoms with Gasteiger partial charge in [0.2, 0.25) is 11.5 Å². The lowest BCUT2D eigenvalue weighted by molar-refractivity contribution is -0.138. The molecular weight excluding hydrogens is 474 g/mol. The molecule has 0 amide bonds. The van der Waals surface area contributed by atoms with Gasteiger partial charge in [-0.2, -0.15) is 5.26 Å². The number of carbonyl (C=O) groups is 1. The predicted molar refractivity (Wildman–Crippen MR) is 86.0 cm³/mol. The standard InChI is InChI=1S/C12H8Br3N3O3/c1-2-21-12(20)11(9(19)5-16)18-17-10-7(14)3-6(13)4-8(10)15/h3-4,19H,2H2,1H3/b11-9-,18-17?. The van der Waals surface area contributed by atoms with Crippen molar-refractivity contribution < 1.29 is 14.6 Å². The van der Waals surface area contributed by atoms with Crippen molar-refractivity contribution in [3.05, 3.63) is 37.0 Å². The van der Waals surface area contributed by atoms with E-state index in [2.05, 4.69) is 58.0 Å². The first-order valence-corrected chi connectivity index (χ1v) is 7.85. The summed E-state index contributed by atoms with van der Waals surface area (Å²) in [6.45, 7) is 1.68. The van der Waals surface area contributed by atoms with Crippen molar-refractivity contribution in [2.45, 2.75) is 6.92 Å². The van der Waals surface area contributed by atoms with Gasteiger partial charge in [0, 0.05) is 13.4 Å². The van der Waals surface area contributed by atoms with Gasteiger partial charge in [-0.1, -0.05) is 15.9 Å². The Balaban J connectivity index is 3.23. The molecule has 1 aromatic rings. The third-order valence-corrected chi connectivity index (χ3v) is 3.70. The molecule has 1 rings (SSSR count). The molecule has 1 aromatic carbocycles. The van der Waals surface area contributed by atoms with Crippen molar-refractivity contribution in [2.24, 2.45) is 10.2 Å². The van der Waals surface area contributed by atoms with Crippen LogP contribution in [0.25, 0.3) is 0 Å². The highest BCUT2D eigenvalue weighted by Gasteiger charge is 2.17. The summed E-state index contributed by atoms with van der Waals surface area (Å²) in [5.41, 5.74) is -0.160. The van der Waals surface area contributed by atoms with Crippen molar-refractivity contribution >= 4 is 59.4 Å². The van der Waals surface area contributed by atoms with Crippen LogP contribution in [0.2, 0.25) is 0 Å². The van der Waals surface area contributed by atoms with Crippen molar-refractivity contribution in [1.29, 1.82) is 5.26 Å². The summed E-state index contributed by atoms with van der Waals surface area (Å²) in [6, 6.07) is 4.89. The van der Waals surface area contributed by atoms with Crippen molar-refractivity contribution in [2.75, 3.05) is 6.61 Å². The van der Waals surface area contributed by atoms with Crippen LogP contribution in [0, 0.1) is 11.3 Å². The number of hydrogen-bond acceptors (Lipinski definition) is 6. The average molecular weight is 482 g/mol. The Morgan fingerprint density at radius 2 is 1.95 bits per heavy atom. The maximum atomic E-state index is 11.6. The summed E-state index contributed by atoms with van der Waals surface area (Å²) in [4.78, 5) is 11.6. The van der Waals surface area contributed by atoms with Crippen LogP contribution in [0.15, 0.2) is 47.2 Å². The van der Waals surface area contributed by atoms with Crippen LogP contribution in [0.1, 0.15) is 6.92 Å². The highest BCUT2D eigenvalue weighted by atomic mass is 79.9. The Labute approximate surface area is 145 Å². The number of nitriles is 1. The van der Waals surface area contributed by atoms with Crippen molar-refractivity contribution in [1.82, 2.24) is 0 Å².